The number of benzene rings is 1. The molecule has 1 aromatic heterocycles. The Hall–Kier alpha value is -2.73. The topological polar surface area (TPSA) is 66.3 Å². The van der Waals surface area contributed by atoms with Crippen LogP contribution in [0.25, 0.3) is 12.2 Å². The van der Waals surface area contributed by atoms with E-state index in [2.05, 4.69) is 25.3 Å². The Labute approximate surface area is 152 Å². The first-order valence-corrected chi connectivity index (χ1v) is 8.23. The largest absolute Gasteiger partial charge is 0.347 e. The molecule has 0 aliphatic carbocycles. The lowest BCUT2D eigenvalue weighted by molar-refractivity contribution is 0.953. The number of aliphatic imine (C=N–C) groups is 1. The maximum Gasteiger partial charge on any atom is 0.233 e. The Balaban J connectivity index is 1.87. The van der Waals surface area contributed by atoms with Crippen molar-refractivity contribution in [2.45, 2.75) is 6.92 Å². The zero-order valence-corrected chi connectivity index (χ0v) is 15.1. The van der Waals surface area contributed by atoms with Gasteiger partial charge in [0.05, 0.1) is 6.54 Å². The second kappa shape index (κ2) is 7.44. The van der Waals surface area contributed by atoms with E-state index in [0.717, 1.165) is 11.4 Å². The summed E-state index contributed by atoms with van der Waals surface area (Å²) in [5, 5.41) is 3.83. The van der Waals surface area contributed by atoms with E-state index >= 15 is 0 Å². The molecule has 6 nitrogen and oxygen atoms in total. The minimum Gasteiger partial charge on any atom is -0.347 e. The highest BCUT2D eigenvalue weighted by Crippen LogP contribution is 2.15. The van der Waals surface area contributed by atoms with Gasteiger partial charge in [-0.15, -0.1) is 0 Å². The number of hydrogen-bond donors (Lipinski definition) is 1. The van der Waals surface area contributed by atoms with Gasteiger partial charge < -0.3 is 10.2 Å². The zero-order chi connectivity index (χ0) is 17.8. The molecular weight excluding hydrogens is 336 g/mol. The molecule has 25 heavy (non-hydrogen) atoms. The van der Waals surface area contributed by atoms with Gasteiger partial charge in [0.25, 0.3) is 0 Å². The third-order valence-electron chi connectivity index (χ3n) is 3.44. The highest BCUT2D eigenvalue weighted by molar-refractivity contribution is 6.30. The normalized spacial score (nSPS) is 13.8. The predicted octanol–water partition coefficient (Wildman–Crippen LogP) is 3.53. The maximum atomic E-state index is 6.02. The Morgan fingerprint density at radius 3 is 2.68 bits per heavy atom. The quantitative estimate of drug-likeness (QED) is 0.909. The third-order valence-corrected chi connectivity index (χ3v) is 3.67. The molecule has 0 fully saturated rings. The monoisotopic (exact) mass is 354 g/mol. The Kier molecular flexibility index (Phi) is 5.09. The highest BCUT2D eigenvalue weighted by Gasteiger charge is 2.10. The van der Waals surface area contributed by atoms with Crippen molar-refractivity contribution in [2.24, 2.45) is 4.99 Å². The van der Waals surface area contributed by atoms with E-state index in [1.54, 1.807) is 0 Å². The number of aromatic nitrogens is 3. The van der Waals surface area contributed by atoms with Gasteiger partial charge in [-0.3, -0.25) is 4.99 Å². The van der Waals surface area contributed by atoms with E-state index in [9.17, 15) is 0 Å². The number of amidine groups is 1. The average Bonchev–Trinajstić information content (AvgIpc) is 2.97. The zero-order valence-electron chi connectivity index (χ0n) is 14.4. The summed E-state index contributed by atoms with van der Waals surface area (Å²) in [6.07, 6.45) is 5.74. The summed E-state index contributed by atoms with van der Waals surface area (Å²) in [6.45, 7) is 2.74. The summed E-state index contributed by atoms with van der Waals surface area (Å²) in [6, 6.07) is 7.59. The molecule has 1 N–H and O–H groups in total. The summed E-state index contributed by atoms with van der Waals surface area (Å²) >= 11 is 6.02. The lowest BCUT2D eigenvalue weighted by Gasteiger charge is -2.12. The molecule has 0 spiro atoms. The number of anilines is 2. The molecule has 3 rings (SSSR count). The maximum absolute atomic E-state index is 6.02. The minimum absolute atomic E-state index is 0.467. The molecule has 1 aromatic carbocycles. The van der Waals surface area contributed by atoms with Crippen molar-refractivity contribution < 1.29 is 0 Å². The first-order valence-electron chi connectivity index (χ1n) is 7.85. The molecule has 2 aromatic rings. The van der Waals surface area contributed by atoms with Crippen LogP contribution in [0.4, 0.5) is 11.9 Å². The van der Waals surface area contributed by atoms with Gasteiger partial charge in [-0.05, 0) is 42.3 Å². The van der Waals surface area contributed by atoms with E-state index in [1.165, 1.54) is 5.57 Å². The SMILES string of the molecule is CC1=CC(Nc2nc(/C=C/c3cccc(Cl)c3)nc(N(C)C)n2)=NC1. The average molecular weight is 355 g/mol. The molecule has 7 heteroatoms. The fourth-order valence-electron chi connectivity index (χ4n) is 2.22. The van der Waals surface area contributed by atoms with Crippen molar-refractivity contribution in [3.8, 4) is 0 Å². The summed E-state index contributed by atoms with van der Waals surface area (Å²) in [5.74, 6) is 2.36. The van der Waals surface area contributed by atoms with Crippen LogP contribution in [0.3, 0.4) is 0 Å². The van der Waals surface area contributed by atoms with Crippen molar-refractivity contribution in [3.63, 3.8) is 0 Å². The molecule has 1 aliphatic rings. The smallest absolute Gasteiger partial charge is 0.233 e. The van der Waals surface area contributed by atoms with Gasteiger partial charge in [0.1, 0.15) is 5.84 Å². The molecule has 1 aliphatic heterocycles. The standard InChI is InChI=1S/C18H19ClN6/c1-12-9-16(20-11-12)22-17-21-15(23-18(24-17)25(2)3)8-7-13-5-4-6-14(19)10-13/h4-10H,11H2,1-3H3,(H,20,21,22,23,24)/b8-7+. The molecule has 128 valence electrons. The lowest BCUT2D eigenvalue weighted by atomic mass is 10.2. The van der Waals surface area contributed by atoms with Gasteiger partial charge in [-0.2, -0.15) is 15.0 Å². The van der Waals surface area contributed by atoms with E-state index in [-0.39, 0.29) is 0 Å². The van der Waals surface area contributed by atoms with Crippen molar-refractivity contribution in [1.29, 1.82) is 0 Å². The Bertz CT molecular complexity index is 870. The van der Waals surface area contributed by atoms with Crippen LogP contribution in [0.1, 0.15) is 18.3 Å². The Morgan fingerprint density at radius 2 is 2.00 bits per heavy atom. The van der Waals surface area contributed by atoms with E-state index in [0.29, 0.717) is 29.3 Å². The third kappa shape index (κ3) is 4.64. The van der Waals surface area contributed by atoms with Gasteiger partial charge in [0.15, 0.2) is 5.82 Å². The molecule has 0 saturated heterocycles. The summed E-state index contributed by atoms with van der Waals surface area (Å²) in [4.78, 5) is 19.5. The van der Waals surface area contributed by atoms with Crippen molar-refractivity contribution >= 4 is 41.5 Å². The van der Waals surface area contributed by atoms with Gasteiger partial charge in [-0.1, -0.05) is 29.8 Å². The number of nitrogens with one attached hydrogen (secondary N) is 1. The number of halogens is 1. The van der Waals surface area contributed by atoms with Gasteiger partial charge in [-0.25, -0.2) is 0 Å². The molecule has 0 bridgehead atoms. The summed E-state index contributed by atoms with van der Waals surface area (Å²) in [5.41, 5.74) is 2.18. The molecule has 0 atom stereocenters. The highest BCUT2D eigenvalue weighted by atomic mass is 35.5. The van der Waals surface area contributed by atoms with Crippen LogP contribution in [0, 0.1) is 0 Å². The van der Waals surface area contributed by atoms with Crippen LogP contribution < -0.4 is 10.2 Å². The van der Waals surface area contributed by atoms with E-state index in [1.807, 2.05) is 68.4 Å². The van der Waals surface area contributed by atoms with E-state index < -0.39 is 0 Å². The number of nitrogens with zero attached hydrogens (tertiary/aromatic N) is 5. The van der Waals surface area contributed by atoms with Gasteiger partial charge in [0, 0.05) is 19.1 Å². The van der Waals surface area contributed by atoms with Crippen molar-refractivity contribution in [3.05, 3.63) is 52.3 Å². The van der Waals surface area contributed by atoms with Crippen LogP contribution in [0.5, 0.6) is 0 Å². The van der Waals surface area contributed by atoms with Crippen LogP contribution in [-0.2, 0) is 0 Å². The fraction of sp³-hybridized carbons (Fsp3) is 0.222. The van der Waals surface area contributed by atoms with Crippen LogP contribution in [-0.4, -0.2) is 41.4 Å². The Morgan fingerprint density at radius 1 is 1.16 bits per heavy atom. The first kappa shape index (κ1) is 17.1. The molecule has 0 saturated carbocycles. The molecular formula is C18H19ClN6. The molecule has 0 radical (unpaired) electrons. The second-order valence-corrected chi connectivity index (χ2v) is 6.35. The fourth-order valence-corrected chi connectivity index (χ4v) is 2.42. The van der Waals surface area contributed by atoms with Crippen LogP contribution >= 0.6 is 11.6 Å². The minimum atomic E-state index is 0.467. The summed E-state index contributed by atoms with van der Waals surface area (Å²) in [7, 11) is 3.78. The molecule has 2 heterocycles. The van der Waals surface area contributed by atoms with Gasteiger partial charge >= 0.3 is 0 Å². The van der Waals surface area contributed by atoms with Gasteiger partial charge in [0.2, 0.25) is 11.9 Å². The number of rotatable bonds is 4. The van der Waals surface area contributed by atoms with Crippen LogP contribution in [0.2, 0.25) is 5.02 Å². The van der Waals surface area contributed by atoms with Crippen molar-refractivity contribution in [1.82, 2.24) is 15.0 Å². The molecule has 0 amide bonds. The predicted molar refractivity (Wildman–Crippen MR) is 104 cm³/mol. The van der Waals surface area contributed by atoms with Crippen molar-refractivity contribution in [2.75, 3.05) is 30.9 Å². The first-order chi connectivity index (χ1) is 12.0. The molecule has 0 unspecified atom stereocenters. The van der Waals surface area contributed by atoms with E-state index in [4.69, 9.17) is 11.6 Å². The second-order valence-electron chi connectivity index (χ2n) is 5.92. The number of hydrogen-bond acceptors (Lipinski definition) is 6. The summed E-state index contributed by atoms with van der Waals surface area (Å²) < 4.78 is 0. The van der Waals surface area contributed by atoms with Crippen LogP contribution in [0.15, 0.2) is 40.9 Å². The lowest BCUT2D eigenvalue weighted by Crippen LogP contribution is -2.17.